The third-order valence-corrected chi connectivity index (χ3v) is 5.20. The van der Waals surface area contributed by atoms with Crippen LogP contribution in [0.5, 0.6) is 0 Å². The molecule has 2 aromatic rings. The summed E-state index contributed by atoms with van der Waals surface area (Å²) in [5.41, 5.74) is 10.6. The van der Waals surface area contributed by atoms with E-state index in [1.807, 2.05) is 0 Å². The first-order valence-electron chi connectivity index (χ1n) is 9.45. The molecular weight excluding hydrogens is 305 g/mol. The van der Waals surface area contributed by atoms with Gasteiger partial charge in [-0.25, -0.2) is 0 Å². The molecule has 0 N–H and O–H groups in total. The lowest BCUT2D eigenvalue weighted by Gasteiger charge is -2.37. The van der Waals surface area contributed by atoms with Crippen molar-refractivity contribution in [2.75, 3.05) is 11.4 Å². The van der Waals surface area contributed by atoms with E-state index < -0.39 is 0 Å². The second-order valence-corrected chi connectivity index (χ2v) is 7.69. The molecule has 0 saturated carbocycles. The molecule has 0 radical (unpaired) electrons. The quantitative estimate of drug-likeness (QED) is 0.640. The van der Waals surface area contributed by atoms with Gasteiger partial charge in [0.05, 0.1) is 0 Å². The monoisotopic (exact) mass is 335 g/mol. The third kappa shape index (κ3) is 3.62. The number of nitrogens with zero attached hydrogens (tertiary/aromatic N) is 1. The maximum atomic E-state index is 6.26. The van der Waals surface area contributed by atoms with Gasteiger partial charge in [0, 0.05) is 18.0 Å². The molecule has 0 amide bonds. The zero-order chi connectivity index (χ0) is 18.1. The molecule has 132 valence electrons. The van der Waals surface area contributed by atoms with Crippen LogP contribution in [0.15, 0.2) is 24.3 Å². The predicted molar refractivity (Wildman–Crippen MR) is 109 cm³/mol. The number of rotatable bonds is 3. The van der Waals surface area contributed by atoms with Gasteiger partial charge in [0.15, 0.2) is 0 Å². The molecule has 2 nitrogen and oxygen atoms in total. The maximum Gasteiger partial charge on any atom is 0.420 e. The van der Waals surface area contributed by atoms with E-state index in [-0.39, 0.29) is 7.05 Å². The van der Waals surface area contributed by atoms with E-state index >= 15 is 0 Å². The molecule has 0 atom stereocenters. The van der Waals surface area contributed by atoms with Gasteiger partial charge in [-0.3, -0.25) is 0 Å². The van der Waals surface area contributed by atoms with E-state index in [1.165, 1.54) is 57.6 Å². The molecule has 1 heterocycles. The van der Waals surface area contributed by atoms with Gasteiger partial charge in [-0.05, 0) is 76.5 Å². The summed E-state index contributed by atoms with van der Waals surface area (Å²) in [5.74, 6) is 0. The predicted octanol–water partition coefficient (Wildman–Crippen LogP) is 5.97. The first kappa shape index (κ1) is 18.1. The molecule has 1 fully saturated rings. The van der Waals surface area contributed by atoms with Crippen molar-refractivity contribution >= 4 is 18.4 Å². The molecule has 3 rings (SSSR count). The Bertz CT molecular complexity index is 674. The van der Waals surface area contributed by atoms with Crippen molar-refractivity contribution in [3.8, 4) is 0 Å². The summed E-state index contributed by atoms with van der Waals surface area (Å²) in [6.07, 6.45) is 3.48. The fraction of sp³-hybridized carbons (Fsp3) is 0.455. The van der Waals surface area contributed by atoms with E-state index in [1.54, 1.807) is 0 Å². The van der Waals surface area contributed by atoms with Crippen LogP contribution < -0.4 is 4.81 Å². The van der Waals surface area contributed by atoms with E-state index in [2.05, 4.69) is 70.6 Å². The van der Waals surface area contributed by atoms with E-state index in [0.717, 1.165) is 12.9 Å². The summed E-state index contributed by atoms with van der Waals surface area (Å²) in [7, 11) is 0.119. The molecule has 1 saturated heterocycles. The molecule has 3 heteroatoms. The number of anilines is 2. The Kier molecular flexibility index (Phi) is 5.24. The second kappa shape index (κ2) is 7.25. The van der Waals surface area contributed by atoms with Gasteiger partial charge < -0.3 is 9.47 Å². The minimum absolute atomic E-state index is 0.119. The molecule has 1 aliphatic heterocycles. The normalized spacial score (nSPS) is 14.7. The van der Waals surface area contributed by atoms with Crippen LogP contribution >= 0.6 is 0 Å². The van der Waals surface area contributed by atoms with Crippen molar-refractivity contribution in [3.63, 3.8) is 0 Å². The molecule has 0 aromatic heterocycles. The van der Waals surface area contributed by atoms with Gasteiger partial charge in [-0.1, -0.05) is 41.8 Å². The second-order valence-electron chi connectivity index (χ2n) is 7.69. The van der Waals surface area contributed by atoms with Crippen molar-refractivity contribution < 1.29 is 4.65 Å². The topological polar surface area (TPSA) is 12.5 Å². The van der Waals surface area contributed by atoms with Crippen molar-refractivity contribution in [1.29, 1.82) is 0 Å². The van der Waals surface area contributed by atoms with Crippen LogP contribution in [-0.2, 0) is 4.65 Å². The standard InChI is InChI=1S/C22H30BNO/c1-15-11-17(3)21(18(4)12-15)24(23-9-7-8-10-25-23)22-19(5)13-16(2)14-20(22)6/h11-14H,7-10H2,1-6H3. The van der Waals surface area contributed by atoms with Gasteiger partial charge in [0.25, 0.3) is 0 Å². The van der Waals surface area contributed by atoms with Crippen molar-refractivity contribution in [2.24, 2.45) is 0 Å². The van der Waals surface area contributed by atoms with Crippen LogP contribution in [0.25, 0.3) is 0 Å². The zero-order valence-electron chi connectivity index (χ0n) is 16.6. The van der Waals surface area contributed by atoms with Crippen molar-refractivity contribution in [3.05, 3.63) is 57.6 Å². The van der Waals surface area contributed by atoms with Gasteiger partial charge in [0.2, 0.25) is 0 Å². The van der Waals surface area contributed by atoms with E-state index in [4.69, 9.17) is 4.65 Å². The smallest absolute Gasteiger partial charge is 0.416 e. The highest BCUT2D eigenvalue weighted by Crippen LogP contribution is 2.39. The van der Waals surface area contributed by atoms with Crippen LogP contribution in [0.2, 0.25) is 6.32 Å². The highest BCUT2D eigenvalue weighted by Gasteiger charge is 2.33. The summed E-state index contributed by atoms with van der Waals surface area (Å²) < 4.78 is 6.26. The minimum atomic E-state index is 0.119. The summed E-state index contributed by atoms with van der Waals surface area (Å²) in [6.45, 7) is 14.1. The van der Waals surface area contributed by atoms with Crippen LogP contribution in [0.4, 0.5) is 11.4 Å². The molecule has 25 heavy (non-hydrogen) atoms. The average Bonchev–Trinajstić information content (AvgIpc) is 2.52. The summed E-state index contributed by atoms with van der Waals surface area (Å²) >= 11 is 0. The van der Waals surface area contributed by atoms with E-state index in [0.29, 0.717) is 0 Å². The van der Waals surface area contributed by atoms with Gasteiger partial charge >= 0.3 is 7.05 Å². The van der Waals surface area contributed by atoms with Gasteiger partial charge in [0.1, 0.15) is 0 Å². The molecule has 0 spiro atoms. The number of aryl methyl sites for hydroxylation is 6. The lowest BCUT2D eigenvalue weighted by atomic mass is 9.70. The molecule has 0 bridgehead atoms. The number of hydrogen-bond donors (Lipinski definition) is 0. The van der Waals surface area contributed by atoms with Gasteiger partial charge in [-0.15, -0.1) is 0 Å². The van der Waals surface area contributed by atoms with Crippen LogP contribution in [0, 0.1) is 41.5 Å². The maximum absolute atomic E-state index is 6.26. The molecule has 1 aliphatic rings. The highest BCUT2D eigenvalue weighted by molar-refractivity contribution is 6.59. The Morgan fingerprint density at radius 1 is 0.720 bits per heavy atom. The molecule has 2 aromatic carbocycles. The Hall–Kier alpha value is -1.74. The van der Waals surface area contributed by atoms with Crippen LogP contribution in [0.1, 0.15) is 46.2 Å². The van der Waals surface area contributed by atoms with Crippen LogP contribution in [-0.4, -0.2) is 13.7 Å². The highest BCUT2D eigenvalue weighted by atomic mass is 16.4. The van der Waals surface area contributed by atoms with Crippen molar-refractivity contribution in [1.82, 2.24) is 0 Å². The lowest BCUT2D eigenvalue weighted by Crippen LogP contribution is -2.42. The first-order valence-corrected chi connectivity index (χ1v) is 9.45. The number of benzene rings is 2. The van der Waals surface area contributed by atoms with Crippen molar-refractivity contribution in [2.45, 2.75) is 60.7 Å². The fourth-order valence-electron chi connectivity index (χ4n) is 4.43. The fourth-order valence-corrected chi connectivity index (χ4v) is 4.43. The summed E-state index contributed by atoms with van der Waals surface area (Å²) in [6, 6.07) is 9.15. The van der Waals surface area contributed by atoms with Gasteiger partial charge in [-0.2, -0.15) is 0 Å². The zero-order valence-corrected chi connectivity index (χ0v) is 16.6. The first-order chi connectivity index (χ1) is 11.9. The summed E-state index contributed by atoms with van der Waals surface area (Å²) in [4.78, 5) is 2.48. The summed E-state index contributed by atoms with van der Waals surface area (Å²) in [5, 5.41) is 0. The SMILES string of the molecule is Cc1cc(C)c(N(B2CCCCO2)c2c(C)cc(C)cc2C)c(C)c1. The Morgan fingerprint density at radius 3 is 1.52 bits per heavy atom. The minimum Gasteiger partial charge on any atom is -0.416 e. The molecule has 0 aliphatic carbocycles. The van der Waals surface area contributed by atoms with E-state index in [9.17, 15) is 0 Å². The lowest BCUT2D eigenvalue weighted by molar-refractivity contribution is 0.287. The largest absolute Gasteiger partial charge is 0.420 e. The Balaban J connectivity index is 2.21. The third-order valence-electron chi connectivity index (χ3n) is 5.20. The Labute approximate surface area is 153 Å². The Morgan fingerprint density at radius 2 is 1.16 bits per heavy atom. The molecule has 0 unspecified atom stereocenters. The number of hydrogen-bond acceptors (Lipinski definition) is 2. The average molecular weight is 335 g/mol. The molecular formula is C22H30BNO. The van der Waals surface area contributed by atoms with Crippen LogP contribution in [0.3, 0.4) is 0 Å².